The van der Waals surface area contributed by atoms with E-state index in [0.717, 1.165) is 21.9 Å². The van der Waals surface area contributed by atoms with Gasteiger partial charge in [-0.1, -0.05) is 55.5 Å². The standard InChI is InChI=1S/C33H42N4O5/c1-8-22(4)37(31(40)27(19-28(34)38)36-32(41)42-33(5,6)7)29(25-14-13-20(2)21(3)17-25)30(39)35-26-16-15-23-11-9-10-12-24(23)18-26/h9-18,22,27,29H,8,19H2,1-7H3,(H2,34,38)(H,35,39)(H,36,41). The number of amides is 4. The highest BCUT2D eigenvalue weighted by Gasteiger charge is 2.39. The first-order chi connectivity index (χ1) is 19.7. The summed E-state index contributed by atoms with van der Waals surface area (Å²) in [5, 5.41) is 7.49. The summed E-state index contributed by atoms with van der Waals surface area (Å²) in [5.41, 5.74) is 7.82. The second-order valence-electron chi connectivity index (χ2n) is 11.7. The van der Waals surface area contributed by atoms with Crippen LogP contribution >= 0.6 is 0 Å². The number of benzene rings is 3. The van der Waals surface area contributed by atoms with E-state index >= 15 is 0 Å². The zero-order chi connectivity index (χ0) is 31.2. The van der Waals surface area contributed by atoms with Crippen molar-refractivity contribution in [3.63, 3.8) is 0 Å². The topological polar surface area (TPSA) is 131 Å². The lowest BCUT2D eigenvalue weighted by Crippen LogP contribution is -2.55. The minimum Gasteiger partial charge on any atom is -0.444 e. The molecule has 0 aliphatic carbocycles. The Kier molecular flexibility index (Phi) is 10.3. The van der Waals surface area contributed by atoms with Crippen LogP contribution in [0.1, 0.15) is 70.2 Å². The van der Waals surface area contributed by atoms with E-state index in [1.165, 1.54) is 4.90 Å². The number of nitrogens with two attached hydrogens (primary N) is 1. The number of hydrogen-bond acceptors (Lipinski definition) is 5. The van der Waals surface area contributed by atoms with Gasteiger partial charge in [-0.15, -0.1) is 0 Å². The Morgan fingerprint density at radius 3 is 2.19 bits per heavy atom. The predicted octanol–water partition coefficient (Wildman–Crippen LogP) is 5.53. The third kappa shape index (κ3) is 8.31. The van der Waals surface area contributed by atoms with Crippen molar-refractivity contribution in [1.29, 1.82) is 0 Å². The fourth-order valence-electron chi connectivity index (χ4n) is 4.68. The molecular formula is C33H42N4O5. The normalized spacial score (nSPS) is 13.5. The molecule has 3 rings (SSSR count). The summed E-state index contributed by atoms with van der Waals surface area (Å²) in [6.45, 7) is 12.7. The summed E-state index contributed by atoms with van der Waals surface area (Å²) >= 11 is 0. The van der Waals surface area contributed by atoms with Gasteiger partial charge in [-0.25, -0.2) is 4.79 Å². The van der Waals surface area contributed by atoms with Crippen LogP contribution in [0, 0.1) is 13.8 Å². The number of aryl methyl sites for hydroxylation is 2. The fraction of sp³-hybridized carbons (Fsp3) is 0.394. The predicted molar refractivity (Wildman–Crippen MR) is 165 cm³/mol. The van der Waals surface area contributed by atoms with Gasteiger partial charge in [-0.05, 0) is 87.6 Å². The Morgan fingerprint density at radius 1 is 0.929 bits per heavy atom. The molecule has 4 N–H and O–H groups in total. The van der Waals surface area contributed by atoms with Crippen LogP contribution in [0.2, 0.25) is 0 Å². The van der Waals surface area contributed by atoms with Crippen molar-refractivity contribution in [3.05, 3.63) is 77.4 Å². The third-order valence-corrected chi connectivity index (χ3v) is 7.10. The van der Waals surface area contributed by atoms with E-state index in [2.05, 4.69) is 10.6 Å². The summed E-state index contributed by atoms with van der Waals surface area (Å²) in [7, 11) is 0. The maximum absolute atomic E-state index is 14.2. The molecule has 0 aliphatic rings. The van der Waals surface area contributed by atoms with Crippen LogP contribution in [0.3, 0.4) is 0 Å². The number of anilines is 1. The van der Waals surface area contributed by atoms with E-state index < -0.39 is 54.0 Å². The molecule has 9 heteroatoms. The van der Waals surface area contributed by atoms with Crippen LogP contribution < -0.4 is 16.4 Å². The van der Waals surface area contributed by atoms with Crippen molar-refractivity contribution >= 4 is 40.3 Å². The minimum atomic E-state index is -1.34. The molecule has 42 heavy (non-hydrogen) atoms. The first-order valence-electron chi connectivity index (χ1n) is 14.2. The second kappa shape index (κ2) is 13.5. The largest absolute Gasteiger partial charge is 0.444 e. The number of primary amides is 1. The van der Waals surface area contributed by atoms with Gasteiger partial charge in [0.2, 0.25) is 11.8 Å². The molecule has 0 saturated carbocycles. The van der Waals surface area contributed by atoms with Crippen molar-refractivity contribution in [2.24, 2.45) is 5.73 Å². The Labute approximate surface area is 247 Å². The molecule has 3 aromatic carbocycles. The number of carbonyl (C=O) groups excluding carboxylic acids is 4. The Balaban J connectivity index is 2.08. The quantitative estimate of drug-likeness (QED) is 0.293. The molecule has 3 atom stereocenters. The summed E-state index contributed by atoms with van der Waals surface area (Å²) < 4.78 is 5.35. The highest BCUT2D eigenvalue weighted by atomic mass is 16.6. The van der Waals surface area contributed by atoms with E-state index in [-0.39, 0.29) is 0 Å². The lowest BCUT2D eigenvalue weighted by molar-refractivity contribution is -0.144. The second-order valence-corrected chi connectivity index (χ2v) is 11.7. The van der Waals surface area contributed by atoms with Gasteiger partial charge < -0.3 is 26.0 Å². The lowest BCUT2D eigenvalue weighted by atomic mass is 9.96. The molecule has 0 radical (unpaired) electrons. The number of alkyl carbamates (subject to hydrolysis) is 1. The Morgan fingerprint density at radius 2 is 1.60 bits per heavy atom. The highest BCUT2D eigenvalue weighted by molar-refractivity contribution is 6.01. The van der Waals surface area contributed by atoms with Gasteiger partial charge in [0.25, 0.3) is 5.91 Å². The molecule has 0 aromatic heterocycles. The first-order valence-corrected chi connectivity index (χ1v) is 14.2. The fourth-order valence-corrected chi connectivity index (χ4v) is 4.68. The van der Waals surface area contributed by atoms with Crippen molar-refractivity contribution in [1.82, 2.24) is 10.2 Å². The van der Waals surface area contributed by atoms with Crippen LogP contribution in [0.25, 0.3) is 10.8 Å². The van der Waals surface area contributed by atoms with E-state index in [1.54, 1.807) is 20.8 Å². The van der Waals surface area contributed by atoms with E-state index in [4.69, 9.17) is 10.5 Å². The van der Waals surface area contributed by atoms with Crippen molar-refractivity contribution in [2.45, 2.75) is 85.0 Å². The number of carbonyl (C=O) groups is 4. The maximum atomic E-state index is 14.2. The van der Waals surface area contributed by atoms with Crippen LogP contribution in [0.4, 0.5) is 10.5 Å². The van der Waals surface area contributed by atoms with Crippen molar-refractivity contribution in [2.75, 3.05) is 5.32 Å². The number of hydrogen-bond donors (Lipinski definition) is 3. The van der Waals surface area contributed by atoms with Gasteiger partial charge in [0, 0.05) is 11.7 Å². The summed E-state index contributed by atoms with van der Waals surface area (Å²) in [4.78, 5) is 54.6. The van der Waals surface area contributed by atoms with Gasteiger partial charge in [-0.2, -0.15) is 0 Å². The molecule has 3 unspecified atom stereocenters. The molecule has 0 bridgehead atoms. The summed E-state index contributed by atoms with van der Waals surface area (Å²) in [6.07, 6.45) is -0.822. The average Bonchev–Trinajstić information content (AvgIpc) is 2.90. The molecule has 224 valence electrons. The molecule has 0 spiro atoms. The molecule has 3 aromatic rings. The molecule has 0 saturated heterocycles. The van der Waals surface area contributed by atoms with Gasteiger partial charge in [0.15, 0.2) is 0 Å². The summed E-state index contributed by atoms with van der Waals surface area (Å²) in [6, 6.07) is 16.2. The molecule has 0 aliphatic heterocycles. The number of rotatable bonds is 10. The Hall–Kier alpha value is -4.40. The average molecular weight is 575 g/mol. The Bertz CT molecular complexity index is 1460. The summed E-state index contributed by atoms with van der Waals surface area (Å²) in [5.74, 6) is -1.83. The molecule has 0 fully saturated rings. The van der Waals surface area contributed by atoms with E-state index in [9.17, 15) is 19.2 Å². The zero-order valence-electron chi connectivity index (χ0n) is 25.5. The minimum absolute atomic E-state index is 0.433. The number of ether oxygens (including phenoxy) is 1. The van der Waals surface area contributed by atoms with Crippen molar-refractivity contribution in [3.8, 4) is 0 Å². The smallest absolute Gasteiger partial charge is 0.408 e. The number of nitrogens with zero attached hydrogens (tertiary/aromatic N) is 1. The number of fused-ring (bicyclic) bond motifs is 1. The third-order valence-electron chi connectivity index (χ3n) is 7.10. The molecule has 0 heterocycles. The SMILES string of the molecule is CCC(C)N(C(=O)C(CC(N)=O)NC(=O)OC(C)(C)C)C(C(=O)Nc1ccc2ccccc2c1)c1ccc(C)c(C)c1. The van der Waals surface area contributed by atoms with Crippen LogP contribution in [0.15, 0.2) is 60.7 Å². The van der Waals surface area contributed by atoms with Crippen LogP contribution in [-0.2, 0) is 19.1 Å². The number of nitrogens with one attached hydrogen (secondary N) is 2. The van der Waals surface area contributed by atoms with Crippen LogP contribution in [0.5, 0.6) is 0 Å². The van der Waals surface area contributed by atoms with E-state index in [0.29, 0.717) is 17.7 Å². The first kappa shape index (κ1) is 32.1. The molecule has 9 nitrogen and oxygen atoms in total. The van der Waals surface area contributed by atoms with Gasteiger partial charge in [0.1, 0.15) is 17.7 Å². The zero-order valence-corrected chi connectivity index (χ0v) is 25.5. The highest BCUT2D eigenvalue weighted by Crippen LogP contribution is 2.30. The van der Waals surface area contributed by atoms with Gasteiger partial charge in [0.05, 0.1) is 6.42 Å². The maximum Gasteiger partial charge on any atom is 0.408 e. The van der Waals surface area contributed by atoms with Gasteiger partial charge >= 0.3 is 6.09 Å². The molecular weight excluding hydrogens is 532 g/mol. The molecule has 4 amide bonds. The lowest BCUT2D eigenvalue weighted by Gasteiger charge is -2.38. The van der Waals surface area contributed by atoms with Crippen molar-refractivity contribution < 1.29 is 23.9 Å². The van der Waals surface area contributed by atoms with Crippen LogP contribution in [-0.4, -0.2) is 46.4 Å². The van der Waals surface area contributed by atoms with E-state index in [1.807, 2.05) is 88.4 Å². The van der Waals surface area contributed by atoms with Gasteiger partial charge in [-0.3, -0.25) is 14.4 Å². The monoisotopic (exact) mass is 574 g/mol.